The number of rotatable bonds is 13. The summed E-state index contributed by atoms with van der Waals surface area (Å²) in [5.74, 6) is 1.31. The molecule has 10 heteroatoms. The fourth-order valence-corrected chi connectivity index (χ4v) is 5.11. The number of hydrogen-bond donors (Lipinski definition) is 5. The second kappa shape index (κ2) is 14.0. The van der Waals surface area contributed by atoms with Crippen LogP contribution in [0.5, 0.6) is 0 Å². The van der Waals surface area contributed by atoms with Crippen molar-refractivity contribution in [2.24, 2.45) is 11.8 Å². The molecule has 1 aromatic heterocycles. The van der Waals surface area contributed by atoms with Crippen molar-refractivity contribution in [2.75, 3.05) is 36.9 Å². The van der Waals surface area contributed by atoms with Gasteiger partial charge >= 0.3 is 5.69 Å². The highest BCUT2D eigenvalue weighted by atomic mass is 16.6. The Morgan fingerprint density at radius 1 is 1.03 bits per heavy atom. The summed E-state index contributed by atoms with van der Waals surface area (Å²) in [6.07, 6.45) is 5.18. The van der Waals surface area contributed by atoms with Gasteiger partial charge < -0.3 is 26.2 Å². The molecule has 5 N–H and O–H groups in total. The van der Waals surface area contributed by atoms with Crippen molar-refractivity contribution in [3.05, 3.63) is 75.5 Å². The maximum Gasteiger partial charge on any atom is 0.329 e. The largest absolute Gasteiger partial charge is 0.396 e. The van der Waals surface area contributed by atoms with Crippen molar-refractivity contribution >= 4 is 17.5 Å². The van der Waals surface area contributed by atoms with Crippen LogP contribution in [-0.2, 0) is 13.1 Å². The van der Waals surface area contributed by atoms with E-state index in [4.69, 9.17) is 5.11 Å². The van der Waals surface area contributed by atoms with Gasteiger partial charge in [0.15, 0.2) is 0 Å². The Labute approximate surface area is 229 Å². The molecule has 0 radical (unpaired) electrons. The van der Waals surface area contributed by atoms with E-state index >= 15 is 0 Å². The third-order valence-electron chi connectivity index (χ3n) is 7.49. The minimum atomic E-state index is -0.462. The summed E-state index contributed by atoms with van der Waals surface area (Å²) >= 11 is 0. The summed E-state index contributed by atoms with van der Waals surface area (Å²) in [6.45, 7) is 4.73. The Hall–Kier alpha value is -3.60. The molecule has 0 amide bonds. The predicted octanol–water partition coefficient (Wildman–Crippen LogP) is 4.26. The number of anilines is 2. The molecule has 1 saturated carbocycles. The van der Waals surface area contributed by atoms with Crippen molar-refractivity contribution in [3.8, 4) is 11.1 Å². The molecular formula is C29H38N6O4. The molecule has 10 nitrogen and oxygen atoms in total. The molecule has 0 aliphatic heterocycles. The Morgan fingerprint density at radius 2 is 1.79 bits per heavy atom. The zero-order chi connectivity index (χ0) is 27.6. The van der Waals surface area contributed by atoms with Crippen molar-refractivity contribution in [3.63, 3.8) is 0 Å². The van der Waals surface area contributed by atoms with Gasteiger partial charge in [-0.2, -0.15) is 4.98 Å². The molecule has 0 spiro atoms. The van der Waals surface area contributed by atoms with E-state index in [0.29, 0.717) is 44.0 Å². The van der Waals surface area contributed by atoms with Crippen molar-refractivity contribution in [1.82, 2.24) is 15.3 Å². The van der Waals surface area contributed by atoms with E-state index in [1.807, 2.05) is 18.2 Å². The van der Waals surface area contributed by atoms with Gasteiger partial charge in [0.2, 0.25) is 11.8 Å². The van der Waals surface area contributed by atoms with Gasteiger partial charge in [0.1, 0.15) is 6.20 Å². The average Bonchev–Trinajstić information content (AvgIpc) is 2.96. The van der Waals surface area contributed by atoms with Crippen LogP contribution in [0.4, 0.5) is 17.5 Å². The first-order valence-corrected chi connectivity index (χ1v) is 13.6. The van der Waals surface area contributed by atoms with Gasteiger partial charge in [-0.05, 0) is 78.3 Å². The minimum absolute atomic E-state index is 0.107. The molecule has 2 aromatic carbocycles. The van der Waals surface area contributed by atoms with Gasteiger partial charge in [-0.25, -0.2) is 4.98 Å². The topological polar surface area (TPSA) is 145 Å². The van der Waals surface area contributed by atoms with Gasteiger partial charge in [-0.15, -0.1) is 0 Å². The number of benzene rings is 2. The fraction of sp³-hybridized carbons (Fsp3) is 0.448. The van der Waals surface area contributed by atoms with Gasteiger partial charge in [0, 0.05) is 32.8 Å². The Bertz CT molecular complexity index is 1250. The normalized spacial score (nSPS) is 17.1. The number of nitrogens with zero attached hydrogens (tertiary/aromatic N) is 3. The van der Waals surface area contributed by atoms with Crippen LogP contribution in [0.25, 0.3) is 11.1 Å². The van der Waals surface area contributed by atoms with Gasteiger partial charge in [0.05, 0.1) is 11.5 Å². The van der Waals surface area contributed by atoms with Crippen LogP contribution in [0.15, 0.2) is 48.7 Å². The maximum atomic E-state index is 11.6. The lowest BCUT2D eigenvalue weighted by molar-refractivity contribution is -0.384. The van der Waals surface area contributed by atoms with Crippen molar-refractivity contribution in [2.45, 2.75) is 45.7 Å². The third kappa shape index (κ3) is 7.72. The maximum absolute atomic E-state index is 11.6. The van der Waals surface area contributed by atoms with Crippen LogP contribution in [-0.4, -0.2) is 51.4 Å². The fourth-order valence-electron chi connectivity index (χ4n) is 5.11. The number of aliphatic hydroxyl groups is 2. The number of hydrogen-bond acceptors (Lipinski definition) is 9. The van der Waals surface area contributed by atoms with Crippen LogP contribution in [0.1, 0.15) is 42.4 Å². The van der Waals surface area contributed by atoms with Crippen LogP contribution in [0.3, 0.4) is 0 Å². The average molecular weight is 535 g/mol. The lowest BCUT2D eigenvalue weighted by Gasteiger charge is -2.27. The molecule has 39 heavy (non-hydrogen) atoms. The van der Waals surface area contributed by atoms with E-state index in [0.717, 1.165) is 53.5 Å². The summed E-state index contributed by atoms with van der Waals surface area (Å²) in [5.41, 5.74) is 5.45. The summed E-state index contributed by atoms with van der Waals surface area (Å²) in [6, 6.07) is 14.5. The molecule has 0 atom stereocenters. The number of aromatic nitrogens is 2. The highest BCUT2D eigenvalue weighted by molar-refractivity contribution is 5.69. The van der Waals surface area contributed by atoms with E-state index in [-0.39, 0.29) is 24.7 Å². The zero-order valence-electron chi connectivity index (χ0n) is 22.4. The molecule has 0 bridgehead atoms. The molecule has 0 unspecified atom stereocenters. The minimum Gasteiger partial charge on any atom is -0.396 e. The van der Waals surface area contributed by atoms with Crippen LogP contribution in [0, 0.1) is 28.9 Å². The highest BCUT2D eigenvalue weighted by Crippen LogP contribution is 2.30. The second-order valence-corrected chi connectivity index (χ2v) is 10.2. The predicted molar refractivity (Wildman–Crippen MR) is 152 cm³/mol. The first kappa shape index (κ1) is 28.4. The smallest absolute Gasteiger partial charge is 0.329 e. The van der Waals surface area contributed by atoms with Gasteiger partial charge in [-0.3, -0.25) is 10.1 Å². The van der Waals surface area contributed by atoms with Crippen LogP contribution < -0.4 is 16.0 Å². The Kier molecular flexibility index (Phi) is 10.2. The van der Waals surface area contributed by atoms with Gasteiger partial charge in [0.25, 0.3) is 0 Å². The molecule has 208 valence electrons. The Balaban J connectivity index is 1.43. The molecular weight excluding hydrogens is 496 g/mol. The summed E-state index contributed by atoms with van der Waals surface area (Å²) in [4.78, 5) is 19.8. The van der Waals surface area contributed by atoms with E-state index < -0.39 is 4.92 Å². The molecule has 4 rings (SSSR count). The third-order valence-corrected chi connectivity index (χ3v) is 7.49. The van der Waals surface area contributed by atoms with Crippen LogP contribution >= 0.6 is 0 Å². The molecule has 0 saturated heterocycles. The lowest BCUT2D eigenvalue weighted by Crippen LogP contribution is -2.23. The summed E-state index contributed by atoms with van der Waals surface area (Å²) in [5, 5.41) is 39.6. The number of aliphatic hydroxyl groups excluding tert-OH is 2. The molecule has 1 aliphatic carbocycles. The monoisotopic (exact) mass is 534 g/mol. The van der Waals surface area contributed by atoms with Crippen molar-refractivity contribution < 1.29 is 15.1 Å². The quantitative estimate of drug-likeness (QED) is 0.123. The zero-order valence-corrected chi connectivity index (χ0v) is 22.4. The van der Waals surface area contributed by atoms with Crippen LogP contribution in [0.2, 0.25) is 0 Å². The molecule has 1 aliphatic rings. The Morgan fingerprint density at radius 3 is 2.54 bits per heavy atom. The number of nitro groups is 1. The van der Waals surface area contributed by atoms with E-state index in [9.17, 15) is 15.2 Å². The first-order chi connectivity index (χ1) is 19.0. The first-order valence-electron chi connectivity index (χ1n) is 13.6. The molecule has 3 aromatic rings. The molecule has 1 heterocycles. The van der Waals surface area contributed by atoms with E-state index in [1.165, 1.54) is 6.20 Å². The SMILES string of the molecule is Cc1c(CNc2ncc([N+](=O)[O-])c(NCC3CCC(CO)CC3)n2)cccc1-c1cccc(CNCCO)c1. The van der Waals surface area contributed by atoms with Gasteiger partial charge in [-0.1, -0.05) is 36.4 Å². The van der Waals surface area contributed by atoms with Crippen molar-refractivity contribution in [1.29, 1.82) is 0 Å². The lowest BCUT2D eigenvalue weighted by atomic mass is 9.82. The van der Waals surface area contributed by atoms with E-state index in [2.05, 4.69) is 57.1 Å². The summed E-state index contributed by atoms with van der Waals surface area (Å²) in [7, 11) is 0. The number of nitrogens with one attached hydrogen (secondary N) is 3. The van der Waals surface area contributed by atoms with E-state index in [1.54, 1.807) is 0 Å². The second-order valence-electron chi connectivity index (χ2n) is 10.2. The summed E-state index contributed by atoms with van der Waals surface area (Å²) < 4.78 is 0. The standard InChI is InChI=1S/C29H38N6O4/c1-20-25(6-3-7-26(20)24-5-2-4-23(14-24)15-30-12-13-36)17-32-29-33-18-27(35(38)39)28(34-29)31-16-21-8-10-22(19-37)11-9-21/h2-7,14,18,21-22,30,36-37H,8-13,15-17,19H2,1H3,(H2,31,32,33,34). The highest BCUT2D eigenvalue weighted by Gasteiger charge is 2.23. The molecule has 1 fully saturated rings.